The largest absolute Gasteiger partial charge is 0.478 e. The van der Waals surface area contributed by atoms with Gasteiger partial charge in [-0.05, 0) is 18.2 Å². The van der Waals surface area contributed by atoms with Crippen molar-refractivity contribution in [1.29, 1.82) is 0 Å². The Hall–Kier alpha value is -1.81. The first-order valence-electron chi connectivity index (χ1n) is 4.14. The molecule has 0 bridgehead atoms. The number of rotatable bonds is 1. The van der Waals surface area contributed by atoms with Crippen LogP contribution in [0, 0.1) is 0 Å². The van der Waals surface area contributed by atoms with Crippen LogP contribution in [-0.4, -0.2) is 16.1 Å². The predicted molar refractivity (Wildman–Crippen MR) is 56.5 cm³/mol. The van der Waals surface area contributed by atoms with Gasteiger partial charge in [0.05, 0.1) is 16.1 Å². The van der Waals surface area contributed by atoms with Crippen molar-refractivity contribution in [3.05, 3.63) is 45.2 Å². The summed E-state index contributed by atoms with van der Waals surface area (Å²) < 4.78 is 0. The molecule has 1 heterocycles. The number of aromatic nitrogens is 1. The normalized spacial score (nSPS) is 10.5. The predicted octanol–water partition coefficient (Wildman–Crippen LogP) is 1.88. The first-order chi connectivity index (χ1) is 7.08. The number of aromatic carboxylic acids is 1. The molecule has 5 heteroatoms. The van der Waals surface area contributed by atoms with Crippen LogP contribution in [0.25, 0.3) is 10.9 Å². The zero-order chi connectivity index (χ0) is 11.0. The molecule has 0 aliphatic carbocycles. The monoisotopic (exact) mass is 223 g/mol. The summed E-state index contributed by atoms with van der Waals surface area (Å²) in [6, 6.07) is 5.62. The molecule has 2 N–H and O–H groups in total. The van der Waals surface area contributed by atoms with Gasteiger partial charge in [-0.25, -0.2) is 4.79 Å². The highest BCUT2D eigenvalue weighted by Crippen LogP contribution is 2.22. The fraction of sp³-hybridized carbons (Fsp3) is 0. The molecule has 1 aromatic heterocycles. The fourth-order valence-corrected chi connectivity index (χ4v) is 1.62. The summed E-state index contributed by atoms with van der Waals surface area (Å²) in [6.45, 7) is 0. The van der Waals surface area contributed by atoms with Crippen molar-refractivity contribution in [1.82, 2.24) is 4.98 Å². The number of hydrogen-bond acceptors (Lipinski definition) is 2. The minimum Gasteiger partial charge on any atom is -0.478 e. The lowest BCUT2D eigenvalue weighted by Crippen LogP contribution is -2.04. The van der Waals surface area contributed by atoms with E-state index in [4.69, 9.17) is 16.7 Å². The van der Waals surface area contributed by atoms with E-state index in [1.807, 2.05) is 0 Å². The van der Waals surface area contributed by atoms with E-state index in [1.54, 1.807) is 0 Å². The number of carboxylic acids is 1. The van der Waals surface area contributed by atoms with Gasteiger partial charge in [0.15, 0.2) is 0 Å². The third kappa shape index (κ3) is 1.71. The lowest BCUT2D eigenvalue weighted by Gasteiger charge is -2.01. The van der Waals surface area contributed by atoms with E-state index >= 15 is 0 Å². The van der Waals surface area contributed by atoms with Crippen molar-refractivity contribution in [2.24, 2.45) is 0 Å². The molecule has 0 saturated heterocycles. The molecule has 0 radical (unpaired) electrons. The summed E-state index contributed by atoms with van der Waals surface area (Å²) in [5, 5.41) is 9.61. The topological polar surface area (TPSA) is 70.2 Å². The molecule has 4 nitrogen and oxygen atoms in total. The second-order valence-electron chi connectivity index (χ2n) is 3.05. The molecule has 15 heavy (non-hydrogen) atoms. The number of benzene rings is 1. The van der Waals surface area contributed by atoms with Gasteiger partial charge in [-0.1, -0.05) is 11.6 Å². The summed E-state index contributed by atoms with van der Waals surface area (Å²) in [5.41, 5.74) is 0.279. The SMILES string of the molecule is O=C(O)c1cc(Cl)c2[nH]c(=O)ccc2c1. The smallest absolute Gasteiger partial charge is 0.335 e. The molecular weight excluding hydrogens is 218 g/mol. The molecule has 76 valence electrons. The van der Waals surface area contributed by atoms with Gasteiger partial charge in [0.1, 0.15) is 0 Å². The van der Waals surface area contributed by atoms with E-state index in [-0.39, 0.29) is 16.1 Å². The van der Waals surface area contributed by atoms with Gasteiger partial charge in [-0.3, -0.25) is 4.79 Å². The number of carboxylic acid groups (broad SMARTS) is 1. The first-order valence-corrected chi connectivity index (χ1v) is 4.51. The Kier molecular flexibility index (Phi) is 2.21. The average molecular weight is 224 g/mol. The molecule has 0 fully saturated rings. The standard InChI is InChI=1S/C10H6ClNO3/c11-7-4-6(10(14)15)3-5-1-2-8(13)12-9(5)7/h1-4H,(H,12,13)(H,14,15). The van der Waals surface area contributed by atoms with Crippen LogP contribution in [0.2, 0.25) is 5.02 Å². The number of aromatic amines is 1. The van der Waals surface area contributed by atoms with Crippen molar-refractivity contribution in [3.63, 3.8) is 0 Å². The van der Waals surface area contributed by atoms with E-state index in [2.05, 4.69) is 4.98 Å². The average Bonchev–Trinajstić information content (AvgIpc) is 2.18. The van der Waals surface area contributed by atoms with E-state index in [1.165, 1.54) is 24.3 Å². The molecule has 0 unspecified atom stereocenters. The number of hydrogen-bond donors (Lipinski definition) is 2. The first kappa shape index (κ1) is 9.73. The van der Waals surface area contributed by atoms with E-state index in [0.717, 1.165) is 0 Å². The Labute approximate surface area is 89.1 Å². The zero-order valence-corrected chi connectivity index (χ0v) is 8.21. The minimum atomic E-state index is -1.05. The van der Waals surface area contributed by atoms with Gasteiger partial charge < -0.3 is 10.1 Å². The second kappa shape index (κ2) is 3.40. The molecule has 1 aromatic carbocycles. The Balaban J connectivity index is 2.84. The summed E-state index contributed by atoms with van der Waals surface area (Å²) >= 11 is 5.84. The molecule has 0 saturated carbocycles. The number of carbonyl (C=O) groups is 1. The molecule has 2 rings (SSSR count). The minimum absolute atomic E-state index is 0.0968. The summed E-state index contributed by atoms with van der Waals surface area (Å²) in [5.74, 6) is -1.05. The van der Waals surface area contributed by atoms with Gasteiger partial charge in [0.25, 0.3) is 0 Å². The van der Waals surface area contributed by atoms with Gasteiger partial charge in [0, 0.05) is 11.5 Å². The maximum atomic E-state index is 11.0. The fourth-order valence-electron chi connectivity index (χ4n) is 1.35. The van der Waals surface area contributed by atoms with Crippen molar-refractivity contribution >= 4 is 28.5 Å². The van der Waals surface area contributed by atoms with E-state index in [9.17, 15) is 9.59 Å². The van der Waals surface area contributed by atoms with Crippen LogP contribution in [0.15, 0.2) is 29.1 Å². The summed E-state index contributed by atoms with van der Waals surface area (Å²) in [4.78, 5) is 24.3. The molecular formula is C10H6ClNO3. The van der Waals surface area contributed by atoms with Crippen LogP contribution in [0.4, 0.5) is 0 Å². The number of H-pyrrole nitrogens is 1. The van der Waals surface area contributed by atoms with Crippen LogP contribution in [0.3, 0.4) is 0 Å². The Morgan fingerprint density at radius 1 is 1.33 bits per heavy atom. The maximum Gasteiger partial charge on any atom is 0.335 e. The molecule has 0 spiro atoms. The Morgan fingerprint density at radius 2 is 2.07 bits per heavy atom. The highest BCUT2D eigenvalue weighted by atomic mass is 35.5. The van der Waals surface area contributed by atoms with Crippen LogP contribution < -0.4 is 5.56 Å². The van der Waals surface area contributed by atoms with Crippen molar-refractivity contribution in [3.8, 4) is 0 Å². The number of fused-ring (bicyclic) bond motifs is 1. The third-order valence-corrected chi connectivity index (χ3v) is 2.33. The van der Waals surface area contributed by atoms with Crippen LogP contribution in [0.5, 0.6) is 0 Å². The third-order valence-electron chi connectivity index (χ3n) is 2.03. The van der Waals surface area contributed by atoms with E-state index in [0.29, 0.717) is 10.9 Å². The molecule has 0 atom stereocenters. The van der Waals surface area contributed by atoms with E-state index < -0.39 is 5.97 Å². The lowest BCUT2D eigenvalue weighted by atomic mass is 10.1. The van der Waals surface area contributed by atoms with Crippen molar-refractivity contribution in [2.45, 2.75) is 0 Å². The maximum absolute atomic E-state index is 11.0. The molecule has 2 aromatic rings. The number of halogens is 1. The lowest BCUT2D eigenvalue weighted by molar-refractivity contribution is 0.0697. The molecule has 0 aliphatic rings. The van der Waals surface area contributed by atoms with Gasteiger partial charge in [-0.2, -0.15) is 0 Å². The quantitative estimate of drug-likeness (QED) is 0.776. The molecule has 0 amide bonds. The Bertz CT molecular complexity index is 603. The van der Waals surface area contributed by atoms with Crippen molar-refractivity contribution < 1.29 is 9.90 Å². The van der Waals surface area contributed by atoms with Gasteiger partial charge in [0.2, 0.25) is 5.56 Å². The Morgan fingerprint density at radius 3 is 2.73 bits per heavy atom. The van der Waals surface area contributed by atoms with Crippen molar-refractivity contribution in [2.75, 3.05) is 0 Å². The van der Waals surface area contributed by atoms with Gasteiger partial charge in [-0.15, -0.1) is 0 Å². The van der Waals surface area contributed by atoms with Crippen LogP contribution in [-0.2, 0) is 0 Å². The second-order valence-corrected chi connectivity index (χ2v) is 3.46. The number of nitrogens with one attached hydrogen (secondary N) is 1. The highest BCUT2D eigenvalue weighted by Gasteiger charge is 2.07. The number of pyridine rings is 1. The zero-order valence-electron chi connectivity index (χ0n) is 7.45. The summed E-state index contributed by atoms with van der Waals surface area (Å²) in [7, 11) is 0. The van der Waals surface area contributed by atoms with Crippen LogP contribution >= 0.6 is 11.6 Å². The summed E-state index contributed by atoms with van der Waals surface area (Å²) in [6.07, 6.45) is 0. The highest BCUT2D eigenvalue weighted by molar-refractivity contribution is 6.35. The van der Waals surface area contributed by atoms with Crippen LogP contribution in [0.1, 0.15) is 10.4 Å². The molecule has 0 aliphatic heterocycles. The van der Waals surface area contributed by atoms with Gasteiger partial charge >= 0.3 is 5.97 Å².